The topological polar surface area (TPSA) is 100 Å². The summed E-state index contributed by atoms with van der Waals surface area (Å²) in [5.41, 5.74) is 0. The Morgan fingerprint density at radius 1 is 0.667 bits per heavy atom. The number of carbonyl (C=O) groups is 2. The Kier molecular flexibility index (Phi) is 14.4. The molecule has 0 aliphatic rings. The molecule has 0 spiro atoms. The first kappa shape index (κ1) is 21.0. The van der Waals surface area contributed by atoms with Gasteiger partial charge in [-0.2, -0.15) is 10.5 Å². The summed E-state index contributed by atoms with van der Waals surface area (Å²) in [5.74, 6) is 9.89. The molecule has 0 saturated heterocycles. The van der Waals surface area contributed by atoms with E-state index in [9.17, 15) is 9.59 Å². The maximum Gasteiger partial charge on any atom is 0.307 e. The third-order valence-electron chi connectivity index (χ3n) is 2.57. The highest BCUT2D eigenvalue weighted by Crippen LogP contribution is 1.96. The summed E-state index contributed by atoms with van der Waals surface area (Å²) < 4.78 is 9.68. The third kappa shape index (κ3) is 15.4. The molecule has 0 saturated carbocycles. The van der Waals surface area contributed by atoms with Gasteiger partial charge in [0.1, 0.15) is 0 Å². The predicted molar refractivity (Wildman–Crippen MR) is 85.6 cm³/mol. The largest absolute Gasteiger partial charge is 0.452 e. The smallest absolute Gasteiger partial charge is 0.307 e. The molecule has 0 heterocycles. The van der Waals surface area contributed by atoms with E-state index in [1.807, 2.05) is 12.1 Å². The Labute approximate surface area is 142 Å². The fourth-order valence-corrected chi connectivity index (χ4v) is 1.37. The molecule has 0 aromatic heterocycles. The molecule has 0 fully saturated rings. The number of hydrogen-bond donors (Lipinski definition) is 0. The van der Waals surface area contributed by atoms with Gasteiger partial charge in [0.05, 0.1) is 25.0 Å². The van der Waals surface area contributed by atoms with Crippen LogP contribution in [-0.2, 0) is 19.1 Å². The molecule has 24 heavy (non-hydrogen) atoms. The zero-order chi connectivity index (χ0) is 17.9. The molecule has 0 radical (unpaired) electrons. The molecule has 0 rings (SSSR count). The van der Waals surface area contributed by atoms with Gasteiger partial charge in [0.2, 0.25) is 0 Å². The monoisotopic (exact) mass is 328 g/mol. The van der Waals surface area contributed by atoms with E-state index < -0.39 is 11.9 Å². The highest BCUT2D eigenvalue weighted by molar-refractivity contribution is 5.77. The van der Waals surface area contributed by atoms with Gasteiger partial charge in [0.15, 0.2) is 13.2 Å². The molecular weight excluding hydrogens is 308 g/mol. The van der Waals surface area contributed by atoms with Crippen molar-refractivity contribution in [2.75, 3.05) is 13.2 Å². The quantitative estimate of drug-likeness (QED) is 0.365. The highest BCUT2D eigenvalue weighted by Gasteiger charge is 2.08. The zero-order valence-corrected chi connectivity index (χ0v) is 13.6. The molecule has 6 nitrogen and oxygen atoms in total. The van der Waals surface area contributed by atoms with Crippen LogP contribution in [0.1, 0.15) is 51.4 Å². The molecule has 0 unspecified atom stereocenters. The van der Waals surface area contributed by atoms with E-state index in [1.165, 1.54) is 0 Å². The lowest BCUT2D eigenvalue weighted by atomic mass is 10.2. The van der Waals surface area contributed by atoms with Crippen LogP contribution in [0.5, 0.6) is 0 Å². The first-order valence-corrected chi connectivity index (χ1v) is 7.67. The van der Waals surface area contributed by atoms with Gasteiger partial charge in [-0.25, -0.2) is 0 Å². The molecule has 0 aliphatic heterocycles. The second-order valence-electron chi connectivity index (χ2n) is 4.55. The van der Waals surface area contributed by atoms with Gasteiger partial charge in [-0.1, -0.05) is 23.7 Å². The van der Waals surface area contributed by atoms with Gasteiger partial charge in [0.25, 0.3) is 0 Å². The summed E-state index contributed by atoms with van der Waals surface area (Å²) in [6, 6.07) is 4.03. The number of ether oxygens (including phenoxy) is 2. The van der Waals surface area contributed by atoms with Crippen LogP contribution >= 0.6 is 0 Å². The average molecular weight is 328 g/mol. The van der Waals surface area contributed by atoms with Crippen molar-refractivity contribution in [3.8, 4) is 35.8 Å². The van der Waals surface area contributed by atoms with Crippen molar-refractivity contribution >= 4 is 11.9 Å². The van der Waals surface area contributed by atoms with Gasteiger partial charge in [-0.3, -0.25) is 9.59 Å². The van der Waals surface area contributed by atoms with Crippen LogP contribution < -0.4 is 0 Å². The number of rotatable bonds is 9. The van der Waals surface area contributed by atoms with Crippen molar-refractivity contribution in [2.45, 2.75) is 51.4 Å². The first-order valence-electron chi connectivity index (χ1n) is 7.67. The van der Waals surface area contributed by atoms with Crippen LogP contribution in [0.3, 0.4) is 0 Å². The number of nitriles is 2. The van der Waals surface area contributed by atoms with Crippen molar-refractivity contribution in [1.82, 2.24) is 0 Å². The van der Waals surface area contributed by atoms with Crippen LogP contribution in [0.15, 0.2) is 0 Å². The van der Waals surface area contributed by atoms with E-state index in [-0.39, 0.29) is 26.1 Å². The molecule has 0 aromatic carbocycles. The number of carbonyl (C=O) groups excluding carboxylic acids is 2. The van der Waals surface area contributed by atoms with Gasteiger partial charge >= 0.3 is 11.9 Å². The predicted octanol–water partition coefficient (Wildman–Crippen LogP) is 2.25. The van der Waals surface area contributed by atoms with Crippen LogP contribution in [0.2, 0.25) is 0 Å². The lowest BCUT2D eigenvalue weighted by Gasteiger charge is -2.01. The fraction of sp³-hybridized carbons (Fsp3) is 0.556. The van der Waals surface area contributed by atoms with Crippen LogP contribution in [0.25, 0.3) is 0 Å². The Morgan fingerprint density at radius 2 is 1.08 bits per heavy atom. The maximum absolute atomic E-state index is 11.4. The number of hydrogen-bond acceptors (Lipinski definition) is 6. The molecule has 0 atom stereocenters. The number of esters is 2. The minimum Gasteiger partial charge on any atom is -0.452 e. The average Bonchev–Trinajstić information content (AvgIpc) is 2.58. The van der Waals surface area contributed by atoms with Crippen molar-refractivity contribution in [2.24, 2.45) is 0 Å². The Bertz CT molecular complexity index is 537. The summed E-state index contributed by atoms with van der Waals surface area (Å²) in [5, 5.41) is 16.7. The second kappa shape index (κ2) is 16.4. The van der Waals surface area contributed by atoms with E-state index in [4.69, 9.17) is 20.0 Å². The lowest BCUT2D eigenvalue weighted by molar-refractivity contribution is -0.148. The van der Waals surface area contributed by atoms with Crippen molar-refractivity contribution in [3.05, 3.63) is 0 Å². The first-order chi connectivity index (χ1) is 11.7. The Hall–Kier alpha value is -2.96. The van der Waals surface area contributed by atoms with Crippen LogP contribution in [-0.4, -0.2) is 25.2 Å². The Morgan fingerprint density at radius 3 is 1.46 bits per heavy atom. The van der Waals surface area contributed by atoms with E-state index in [1.54, 1.807) is 0 Å². The van der Waals surface area contributed by atoms with E-state index in [0.29, 0.717) is 38.5 Å². The fourth-order valence-electron chi connectivity index (χ4n) is 1.37. The summed E-state index contributed by atoms with van der Waals surface area (Å²) in [7, 11) is 0. The maximum atomic E-state index is 11.4. The van der Waals surface area contributed by atoms with Crippen molar-refractivity contribution < 1.29 is 19.1 Å². The standard InChI is InChI=1S/C18H20N2O4/c19-13-7-3-1-5-9-15-23-17(21)11-12-18(22)24-16-10-6-2-4-8-14-20/h1-4,7-8,11-12,15-16H2. The minimum absolute atomic E-state index is 0.0192. The molecule has 0 aromatic rings. The van der Waals surface area contributed by atoms with Crippen molar-refractivity contribution in [3.63, 3.8) is 0 Å². The zero-order valence-electron chi connectivity index (χ0n) is 13.6. The SMILES string of the molecule is N#CCCCC#CCOC(=O)CCC(=O)OCC#CCCCC#N. The third-order valence-corrected chi connectivity index (χ3v) is 2.57. The summed E-state index contributed by atoms with van der Waals surface area (Å²) in [6.45, 7) is -0.0385. The van der Waals surface area contributed by atoms with Gasteiger partial charge in [-0.15, -0.1) is 0 Å². The number of nitrogens with zero attached hydrogens (tertiary/aromatic N) is 2. The molecule has 0 N–H and O–H groups in total. The van der Waals surface area contributed by atoms with E-state index in [0.717, 1.165) is 0 Å². The van der Waals surface area contributed by atoms with E-state index in [2.05, 4.69) is 23.7 Å². The molecule has 6 heteroatoms. The van der Waals surface area contributed by atoms with Crippen molar-refractivity contribution in [1.29, 1.82) is 10.5 Å². The lowest BCUT2D eigenvalue weighted by Crippen LogP contribution is -2.10. The van der Waals surface area contributed by atoms with Crippen LogP contribution in [0.4, 0.5) is 0 Å². The second-order valence-corrected chi connectivity index (χ2v) is 4.55. The van der Waals surface area contributed by atoms with Gasteiger partial charge in [-0.05, 0) is 12.8 Å². The molecule has 126 valence electrons. The molecule has 0 aliphatic carbocycles. The highest BCUT2D eigenvalue weighted by atomic mass is 16.5. The molecular formula is C18H20N2O4. The number of unbranched alkanes of at least 4 members (excludes halogenated alkanes) is 4. The molecule has 0 amide bonds. The minimum atomic E-state index is -0.513. The summed E-state index contributed by atoms with van der Waals surface area (Å²) in [4.78, 5) is 22.7. The van der Waals surface area contributed by atoms with Gasteiger partial charge < -0.3 is 9.47 Å². The normalized spacial score (nSPS) is 8.42. The Balaban J connectivity index is 3.63. The van der Waals surface area contributed by atoms with E-state index >= 15 is 0 Å². The molecule has 0 bridgehead atoms. The summed E-state index contributed by atoms with van der Waals surface area (Å²) >= 11 is 0. The summed E-state index contributed by atoms with van der Waals surface area (Å²) in [6.07, 6.45) is 3.37. The van der Waals surface area contributed by atoms with Crippen LogP contribution in [0, 0.1) is 46.3 Å². The van der Waals surface area contributed by atoms with Gasteiger partial charge in [0, 0.05) is 25.7 Å².